The van der Waals surface area contributed by atoms with E-state index in [9.17, 15) is 23.1 Å². The van der Waals surface area contributed by atoms with Crippen LogP contribution in [0.15, 0.2) is 24.3 Å². The number of nitrogens with one attached hydrogen (secondary N) is 1. The van der Waals surface area contributed by atoms with Gasteiger partial charge in [0.05, 0.1) is 50.2 Å². The third-order valence-electron chi connectivity index (χ3n) is 5.56. The molecular weight excluding hydrogens is 427 g/mol. The van der Waals surface area contributed by atoms with Crippen molar-refractivity contribution < 1.29 is 27.8 Å². The molecule has 0 saturated carbocycles. The number of rotatable bonds is 4. The molecular formula is C21H24F3N5O3. The molecule has 2 aliphatic heterocycles. The number of carbonyl (C=O) groups excluding carboxylic acids is 1. The number of aliphatic hydroxyl groups is 1. The molecule has 1 saturated heterocycles. The number of halogens is 3. The smallest absolute Gasteiger partial charge is 0.394 e. The van der Waals surface area contributed by atoms with E-state index in [-0.39, 0.29) is 18.1 Å². The quantitative estimate of drug-likeness (QED) is 0.743. The second kappa shape index (κ2) is 8.91. The van der Waals surface area contributed by atoms with Gasteiger partial charge in [0.15, 0.2) is 0 Å². The number of morpholine rings is 1. The number of nitrogens with zero attached hydrogens (tertiary/aromatic N) is 4. The minimum absolute atomic E-state index is 0.119. The summed E-state index contributed by atoms with van der Waals surface area (Å²) in [5.41, 5.74) is 0.873. The van der Waals surface area contributed by atoms with Crippen LogP contribution in [0.4, 0.5) is 23.8 Å². The van der Waals surface area contributed by atoms with Gasteiger partial charge in [0.25, 0.3) is 0 Å². The Morgan fingerprint density at radius 1 is 1.22 bits per heavy atom. The fourth-order valence-electron chi connectivity index (χ4n) is 3.92. The molecule has 3 heterocycles. The summed E-state index contributed by atoms with van der Waals surface area (Å²) < 4.78 is 44.6. The van der Waals surface area contributed by atoms with Gasteiger partial charge in [-0.15, -0.1) is 0 Å². The highest BCUT2D eigenvalue weighted by molar-refractivity contribution is 5.76. The Morgan fingerprint density at radius 3 is 2.66 bits per heavy atom. The van der Waals surface area contributed by atoms with Crippen LogP contribution in [0, 0.1) is 6.92 Å². The molecule has 0 spiro atoms. The SMILES string of the molecule is Cc1nc2c(c(N[C@H](CO)c3cccc(C(F)(F)F)c3)n1)CN(C(=O)N1CCOCC1)C2. The highest BCUT2D eigenvalue weighted by Crippen LogP contribution is 2.33. The lowest BCUT2D eigenvalue weighted by molar-refractivity contribution is -0.137. The summed E-state index contributed by atoms with van der Waals surface area (Å²) in [5.74, 6) is 0.869. The summed E-state index contributed by atoms with van der Waals surface area (Å²) in [7, 11) is 0. The first-order valence-electron chi connectivity index (χ1n) is 10.3. The summed E-state index contributed by atoms with van der Waals surface area (Å²) in [6.45, 7) is 3.88. The van der Waals surface area contributed by atoms with Gasteiger partial charge in [0, 0.05) is 18.7 Å². The second-order valence-corrected chi connectivity index (χ2v) is 7.79. The maximum Gasteiger partial charge on any atom is 0.416 e. The first-order chi connectivity index (χ1) is 15.3. The molecule has 2 N–H and O–H groups in total. The van der Waals surface area contributed by atoms with Crippen LogP contribution in [0.1, 0.15) is 34.3 Å². The van der Waals surface area contributed by atoms with Crippen molar-refractivity contribution in [1.29, 1.82) is 0 Å². The number of anilines is 1. The molecule has 32 heavy (non-hydrogen) atoms. The monoisotopic (exact) mass is 451 g/mol. The fraction of sp³-hybridized carbons (Fsp3) is 0.476. The van der Waals surface area contributed by atoms with E-state index in [1.54, 1.807) is 16.7 Å². The van der Waals surface area contributed by atoms with Gasteiger partial charge in [-0.1, -0.05) is 12.1 Å². The number of urea groups is 1. The van der Waals surface area contributed by atoms with Gasteiger partial charge in [-0.3, -0.25) is 0 Å². The van der Waals surface area contributed by atoms with Crippen LogP contribution in [0.3, 0.4) is 0 Å². The van der Waals surface area contributed by atoms with E-state index in [1.807, 2.05) is 0 Å². The molecule has 0 aliphatic carbocycles. The highest BCUT2D eigenvalue weighted by atomic mass is 19.4. The number of aryl methyl sites for hydroxylation is 1. The predicted molar refractivity (Wildman–Crippen MR) is 109 cm³/mol. The van der Waals surface area contributed by atoms with Crippen molar-refractivity contribution in [2.45, 2.75) is 32.2 Å². The summed E-state index contributed by atoms with van der Waals surface area (Å²) in [4.78, 5) is 25.1. The molecule has 2 aromatic rings. The molecule has 0 unspecified atom stereocenters. The molecule has 1 fully saturated rings. The normalized spacial score (nSPS) is 17.3. The first kappa shape index (κ1) is 22.3. The Bertz CT molecular complexity index is 995. The summed E-state index contributed by atoms with van der Waals surface area (Å²) in [5, 5.41) is 13.0. The van der Waals surface area contributed by atoms with Crippen molar-refractivity contribution in [1.82, 2.24) is 19.8 Å². The summed E-state index contributed by atoms with van der Waals surface area (Å²) in [6.07, 6.45) is -4.48. The van der Waals surface area contributed by atoms with Gasteiger partial charge in [-0.05, 0) is 24.6 Å². The van der Waals surface area contributed by atoms with Crippen LogP contribution in [0.2, 0.25) is 0 Å². The number of ether oxygens (including phenoxy) is 1. The minimum atomic E-state index is -4.48. The van der Waals surface area contributed by atoms with Gasteiger partial charge in [0.1, 0.15) is 11.6 Å². The van der Waals surface area contributed by atoms with Gasteiger partial charge in [0.2, 0.25) is 0 Å². The maximum atomic E-state index is 13.1. The van der Waals surface area contributed by atoms with Crippen molar-refractivity contribution in [3.8, 4) is 0 Å². The third-order valence-corrected chi connectivity index (χ3v) is 5.56. The average molecular weight is 451 g/mol. The molecule has 1 atom stereocenters. The Kier molecular flexibility index (Phi) is 6.20. The summed E-state index contributed by atoms with van der Waals surface area (Å²) >= 11 is 0. The van der Waals surface area contributed by atoms with Crippen LogP contribution in [-0.4, -0.2) is 63.8 Å². The number of hydrogen-bond donors (Lipinski definition) is 2. The van der Waals surface area contributed by atoms with Crippen LogP contribution in [0.25, 0.3) is 0 Å². The standard InChI is InChI=1S/C21H24F3N5O3/c1-13-25-17-11-29(20(31)28-5-7-32-8-6-28)10-16(17)19(26-13)27-18(12-30)14-3-2-4-15(9-14)21(22,23)24/h2-4,9,18,30H,5-8,10-12H2,1H3,(H,25,26,27)/t18-/m1/s1. The molecule has 2 amide bonds. The van der Waals surface area contributed by atoms with E-state index in [0.717, 1.165) is 12.1 Å². The van der Waals surface area contributed by atoms with Crippen molar-refractivity contribution in [2.24, 2.45) is 0 Å². The van der Waals surface area contributed by atoms with E-state index in [0.29, 0.717) is 55.7 Å². The number of fused-ring (bicyclic) bond motifs is 1. The third kappa shape index (κ3) is 4.63. The van der Waals surface area contributed by atoms with Crippen molar-refractivity contribution >= 4 is 11.8 Å². The average Bonchev–Trinajstić information content (AvgIpc) is 3.21. The highest BCUT2D eigenvalue weighted by Gasteiger charge is 2.33. The van der Waals surface area contributed by atoms with E-state index in [4.69, 9.17) is 4.74 Å². The Labute approximate surface area is 183 Å². The minimum Gasteiger partial charge on any atom is -0.394 e. The number of aromatic nitrogens is 2. The summed E-state index contributed by atoms with van der Waals surface area (Å²) in [6, 6.07) is 3.90. The zero-order valence-corrected chi connectivity index (χ0v) is 17.5. The molecule has 4 rings (SSSR count). The molecule has 2 aliphatic rings. The maximum absolute atomic E-state index is 13.1. The topological polar surface area (TPSA) is 90.8 Å². The van der Waals surface area contributed by atoms with Crippen LogP contribution >= 0.6 is 0 Å². The van der Waals surface area contributed by atoms with Gasteiger partial charge in [-0.25, -0.2) is 14.8 Å². The number of alkyl halides is 3. The van der Waals surface area contributed by atoms with Gasteiger partial charge in [-0.2, -0.15) is 13.2 Å². The first-order valence-corrected chi connectivity index (χ1v) is 10.3. The number of amides is 2. The molecule has 1 aromatic heterocycles. The van der Waals surface area contributed by atoms with Crippen molar-refractivity contribution in [3.05, 3.63) is 52.5 Å². The van der Waals surface area contributed by atoms with Crippen LogP contribution in [0.5, 0.6) is 0 Å². The lowest BCUT2D eigenvalue weighted by Crippen LogP contribution is -2.46. The van der Waals surface area contributed by atoms with E-state index < -0.39 is 24.4 Å². The van der Waals surface area contributed by atoms with E-state index >= 15 is 0 Å². The number of carbonyl (C=O) groups is 1. The zero-order valence-electron chi connectivity index (χ0n) is 17.5. The second-order valence-electron chi connectivity index (χ2n) is 7.79. The van der Waals surface area contributed by atoms with Gasteiger partial charge >= 0.3 is 12.2 Å². The Morgan fingerprint density at radius 2 is 1.97 bits per heavy atom. The number of hydrogen-bond acceptors (Lipinski definition) is 6. The molecule has 172 valence electrons. The fourth-order valence-corrected chi connectivity index (χ4v) is 3.92. The van der Waals surface area contributed by atoms with Crippen LogP contribution in [-0.2, 0) is 24.0 Å². The molecule has 8 nitrogen and oxygen atoms in total. The lowest BCUT2D eigenvalue weighted by atomic mass is 10.0. The van der Waals surface area contributed by atoms with E-state index in [2.05, 4.69) is 15.3 Å². The molecule has 0 radical (unpaired) electrons. The Balaban J connectivity index is 1.56. The predicted octanol–water partition coefficient (Wildman–Crippen LogP) is 2.72. The molecule has 11 heteroatoms. The zero-order chi connectivity index (χ0) is 22.9. The number of benzene rings is 1. The van der Waals surface area contributed by atoms with E-state index in [1.165, 1.54) is 12.1 Å². The van der Waals surface area contributed by atoms with Gasteiger partial charge < -0.3 is 25.0 Å². The molecule has 0 bridgehead atoms. The lowest BCUT2D eigenvalue weighted by Gasteiger charge is -2.30. The van der Waals surface area contributed by atoms with Crippen molar-refractivity contribution in [3.63, 3.8) is 0 Å². The number of aliphatic hydroxyl groups excluding tert-OH is 1. The van der Waals surface area contributed by atoms with Crippen LogP contribution < -0.4 is 5.32 Å². The largest absolute Gasteiger partial charge is 0.416 e. The Hall–Kier alpha value is -2.92. The molecule has 1 aromatic carbocycles. The van der Waals surface area contributed by atoms with Crippen molar-refractivity contribution in [2.75, 3.05) is 38.2 Å².